The molecule has 1 N–H and O–H groups in total. The molecule has 0 amide bonds. The number of hydrogen-bond acceptors (Lipinski definition) is 2. The highest BCUT2D eigenvalue weighted by Gasteiger charge is 2.34. The van der Waals surface area contributed by atoms with Crippen molar-refractivity contribution in [3.63, 3.8) is 0 Å². The van der Waals surface area contributed by atoms with E-state index in [9.17, 15) is 17.7 Å². The third-order valence-corrected chi connectivity index (χ3v) is 7.31. The second kappa shape index (κ2) is 13.7. The van der Waals surface area contributed by atoms with Gasteiger partial charge < -0.3 is 4.55 Å². The number of allylic oxidation sites excluding steroid dienone is 3. The fraction of sp³-hybridized carbons (Fsp3) is 0.458. The van der Waals surface area contributed by atoms with Gasteiger partial charge in [-0.25, -0.2) is 0 Å². The van der Waals surface area contributed by atoms with Crippen molar-refractivity contribution in [2.24, 2.45) is 0 Å². The Morgan fingerprint density at radius 2 is 1.97 bits per heavy atom. The molecule has 0 radical (unpaired) electrons. The maximum atomic E-state index is 13.7. The fourth-order valence-electron chi connectivity index (χ4n) is 3.50. The molecule has 0 aromatic heterocycles. The summed E-state index contributed by atoms with van der Waals surface area (Å²) < 4.78 is 52.8. The minimum Gasteiger partial charge on any atom is -0.611 e. The molecule has 2 rings (SSSR count). The maximum absolute atomic E-state index is 13.7. The lowest BCUT2D eigenvalue weighted by molar-refractivity contribution is -0.138. The van der Waals surface area contributed by atoms with Crippen LogP contribution in [0, 0.1) is 0 Å². The normalized spacial score (nSPS) is 16.8. The molecular weight excluding hydrogens is 488 g/mol. The van der Waals surface area contributed by atoms with Crippen LogP contribution in [0.4, 0.5) is 13.2 Å². The minimum atomic E-state index is -4.41. The molecule has 3 nitrogen and oxygen atoms in total. The van der Waals surface area contributed by atoms with Gasteiger partial charge in [0.25, 0.3) is 0 Å². The molecule has 0 spiro atoms. The second-order valence-electron chi connectivity index (χ2n) is 7.82. The number of benzene rings is 1. The van der Waals surface area contributed by atoms with Crippen molar-refractivity contribution in [2.45, 2.75) is 45.3 Å². The molecule has 0 saturated carbocycles. The van der Waals surface area contributed by atoms with E-state index in [1.165, 1.54) is 6.07 Å². The Kier molecular flexibility index (Phi) is 11.7. The van der Waals surface area contributed by atoms with E-state index in [1.807, 2.05) is 6.92 Å². The first-order valence-corrected chi connectivity index (χ1v) is 13.2. The van der Waals surface area contributed by atoms with Crippen LogP contribution < -0.4 is 5.32 Å². The average Bonchev–Trinajstić information content (AvgIpc) is 2.79. The van der Waals surface area contributed by atoms with Gasteiger partial charge in [-0.2, -0.15) is 13.2 Å². The number of nitrogens with zero attached hydrogens (tertiary/aromatic N) is 1. The van der Waals surface area contributed by atoms with Crippen LogP contribution in [0.1, 0.15) is 49.3 Å². The first-order chi connectivity index (χ1) is 15.6. The summed E-state index contributed by atoms with van der Waals surface area (Å²) in [4.78, 5) is 2.59. The zero-order chi connectivity index (χ0) is 24.4. The van der Waals surface area contributed by atoms with Crippen LogP contribution in [0.25, 0.3) is 0 Å². The van der Waals surface area contributed by atoms with Crippen molar-refractivity contribution >= 4 is 37.1 Å². The zero-order valence-electron chi connectivity index (χ0n) is 18.8. The van der Waals surface area contributed by atoms with E-state index < -0.39 is 22.9 Å². The number of likely N-dealkylation sites (tertiary alicyclic amines) is 1. The Morgan fingerprint density at radius 1 is 1.27 bits per heavy atom. The smallest absolute Gasteiger partial charge is 0.416 e. The van der Waals surface area contributed by atoms with Crippen LogP contribution in [-0.2, 0) is 23.9 Å². The average molecular weight is 519 g/mol. The molecule has 1 heterocycles. The molecule has 1 aromatic carbocycles. The molecule has 1 aromatic rings. The Balaban J connectivity index is 1.96. The lowest BCUT2D eigenvalue weighted by Crippen LogP contribution is -2.30. The highest BCUT2D eigenvalue weighted by atomic mass is 35.5. The van der Waals surface area contributed by atoms with Crippen molar-refractivity contribution in [2.75, 3.05) is 25.4 Å². The molecule has 1 atom stereocenters. The van der Waals surface area contributed by atoms with Gasteiger partial charge in [-0.3, -0.25) is 10.2 Å². The number of nitrogens with one attached hydrogen (secondary N) is 1. The van der Waals surface area contributed by atoms with Gasteiger partial charge in [0.1, 0.15) is 10.7 Å². The Morgan fingerprint density at radius 3 is 2.61 bits per heavy atom. The van der Waals surface area contributed by atoms with Gasteiger partial charge in [-0.15, -0.1) is 8.86 Å². The first kappa shape index (κ1) is 28.2. The number of alkyl halides is 3. The molecule has 33 heavy (non-hydrogen) atoms. The molecule has 1 aliphatic heterocycles. The lowest BCUT2D eigenvalue weighted by atomic mass is 10.0. The monoisotopic (exact) mass is 518 g/mol. The quantitative estimate of drug-likeness (QED) is 0.163. The van der Waals surface area contributed by atoms with Crippen LogP contribution in [0.2, 0.25) is 0 Å². The number of hydrogen-bond donors (Lipinski definition) is 1. The van der Waals surface area contributed by atoms with Crippen molar-refractivity contribution in [3.8, 4) is 0 Å². The SMILES string of the molecule is C=C(/C=C\C(Cl)=C/CCNC(=P)c1ccc(CN2CCCCC2)c(C(F)(F)F)c1)[S+]([O-])CC. The number of rotatable bonds is 11. The number of piperidine rings is 1. The molecule has 1 aliphatic rings. The summed E-state index contributed by atoms with van der Waals surface area (Å²) in [6.07, 6.45) is 4.37. The van der Waals surface area contributed by atoms with Gasteiger partial charge >= 0.3 is 6.18 Å². The summed E-state index contributed by atoms with van der Waals surface area (Å²) in [7, 11) is 3.42. The lowest BCUT2D eigenvalue weighted by Gasteiger charge is -2.27. The Hall–Kier alpha value is -1.08. The second-order valence-corrected chi connectivity index (χ2v) is 10.5. The topological polar surface area (TPSA) is 38.3 Å². The molecule has 1 unspecified atom stereocenters. The van der Waals surface area contributed by atoms with E-state index in [-0.39, 0.29) is 0 Å². The molecule has 0 bridgehead atoms. The maximum Gasteiger partial charge on any atom is 0.416 e. The van der Waals surface area contributed by atoms with Crippen LogP contribution in [0.5, 0.6) is 0 Å². The van der Waals surface area contributed by atoms with Gasteiger partial charge in [0, 0.05) is 23.5 Å². The van der Waals surface area contributed by atoms with Crippen molar-refractivity contribution in [1.82, 2.24) is 10.2 Å². The van der Waals surface area contributed by atoms with E-state index >= 15 is 0 Å². The largest absolute Gasteiger partial charge is 0.611 e. The summed E-state index contributed by atoms with van der Waals surface area (Å²) in [6.45, 7) is 8.01. The van der Waals surface area contributed by atoms with Gasteiger partial charge in [0.15, 0.2) is 0 Å². The summed E-state index contributed by atoms with van der Waals surface area (Å²) in [6, 6.07) is 4.47. The van der Waals surface area contributed by atoms with Crippen LogP contribution >= 0.6 is 20.5 Å². The minimum absolute atomic E-state index is 0.305. The van der Waals surface area contributed by atoms with Gasteiger partial charge in [0.2, 0.25) is 0 Å². The Bertz CT molecular complexity index is 883. The molecule has 0 aliphatic carbocycles. The summed E-state index contributed by atoms with van der Waals surface area (Å²) >= 11 is 5.02. The fourth-order valence-corrected chi connectivity index (χ4v) is 4.55. The third kappa shape index (κ3) is 9.59. The highest BCUT2D eigenvalue weighted by molar-refractivity contribution is 7.95. The van der Waals surface area contributed by atoms with Gasteiger partial charge in [-0.1, -0.05) is 36.2 Å². The van der Waals surface area contributed by atoms with Gasteiger partial charge in [0.05, 0.1) is 5.56 Å². The summed E-state index contributed by atoms with van der Waals surface area (Å²) in [5, 5.41) is 3.56. The van der Waals surface area contributed by atoms with Gasteiger partial charge in [-0.05, 0) is 86.4 Å². The first-order valence-electron chi connectivity index (χ1n) is 11.0. The van der Waals surface area contributed by atoms with E-state index in [0.29, 0.717) is 51.7 Å². The predicted octanol–water partition coefficient (Wildman–Crippen LogP) is 6.25. The number of halogens is 4. The van der Waals surface area contributed by atoms with Crippen molar-refractivity contribution in [3.05, 3.63) is 69.6 Å². The molecular formula is C24H31ClF3N2OPS. The van der Waals surface area contributed by atoms with Crippen LogP contribution in [0.15, 0.2) is 52.9 Å². The molecule has 1 saturated heterocycles. The van der Waals surface area contributed by atoms with E-state index in [1.54, 1.807) is 30.4 Å². The summed E-state index contributed by atoms with van der Waals surface area (Å²) in [5.41, 5.74) is 0.632. The van der Waals surface area contributed by atoms with Crippen molar-refractivity contribution in [1.29, 1.82) is 0 Å². The molecule has 9 heteroatoms. The molecule has 182 valence electrons. The summed E-state index contributed by atoms with van der Waals surface area (Å²) in [5.74, 6) is 0.493. The van der Waals surface area contributed by atoms with E-state index in [0.717, 1.165) is 32.4 Å². The van der Waals surface area contributed by atoms with Crippen LogP contribution in [0.3, 0.4) is 0 Å². The standard InChI is InChI=1S/C24H31ClF3N2OPS/c1-3-33(31)18(2)9-12-21(25)8-7-13-29-23(32)19-10-11-20(22(16-19)24(26,27)28)17-30-14-5-4-6-15-30/h8-12,16,29,32H,2-7,13-15,17H2,1H3/b12-9-,21-8+. The predicted molar refractivity (Wildman–Crippen MR) is 137 cm³/mol. The van der Waals surface area contributed by atoms with Crippen LogP contribution in [-0.4, -0.2) is 40.3 Å². The molecule has 1 fully saturated rings. The zero-order valence-corrected chi connectivity index (χ0v) is 21.4. The third-order valence-electron chi connectivity index (χ3n) is 5.32. The Labute approximate surface area is 205 Å². The van der Waals surface area contributed by atoms with Crippen molar-refractivity contribution < 1.29 is 17.7 Å². The van der Waals surface area contributed by atoms with E-state index in [4.69, 9.17) is 11.6 Å². The highest BCUT2D eigenvalue weighted by Crippen LogP contribution is 2.34. The van der Waals surface area contributed by atoms with E-state index in [2.05, 4.69) is 25.7 Å².